The normalized spacial score (nSPS) is 14.3. The lowest BCUT2D eigenvalue weighted by Gasteiger charge is -2.29. The molecule has 3 N–H and O–H groups in total. The SMILES string of the molecule is Nc1cccc2c1CN(C(=O)c1cc(Br)c[nH]1)CC2. The van der Waals surface area contributed by atoms with Crippen molar-refractivity contribution < 1.29 is 4.79 Å². The lowest BCUT2D eigenvalue weighted by atomic mass is 9.98. The molecular formula is C14H14BrN3O. The molecule has 0 spiro atoms. The number of nitrogens with zero attached hydrogens (tertiary/aromatic N) is 1. The van der Waals surface area contributed by atoms with Gasteiger partial charge < -0.3 is 15.6 Å². The first-order chi connectivity index (χ1) is 9.15. The van der Waals surface area contributed by atoms with Crippen LogP contribution in [0.4, 0.5) is 5.69 Å². The quantitative estimate of drug-likeness (QED) is 0.793. The molecule has 0 bridgehead atoms. The molecule has 0 aliphatic carbocycles. The Morgan fingerprint density at radius 3 is 3.00 bits per heavy atom. The largest absolute Gasteiger partial charge is 0.398 e. The number of amides is 1. The minimum Gasteiger partial charge on any atom is -0.398 e. The molecule has 0 saturated carbocycles. The summed E-state index contributed by atoms with van der Waals surface area (Å²) in [7, 11) is 0. The third kappa shape index (κ3) is 2.26. The van der Waals surface area contributed by atoms with Gasteiger partial charge in [0, 0.05) is 29.4 Å². The zero-order valence-corrected chi connectivity index (χ0v) is 11.9. The second-order valence-corrected chi connectivity index (χ2v) is 5.61. The number of anilines is 1. The van der Waals surface area contributed by atoms with E-state index in [4.69, 9.17) is 5.73 Å². The first kappa shape index (κ1) is 12.3. The molecular weight excluding hydrogens is 306 g/mol. The number of halogens is 1. The molecule has 3 rings (SSSR count). The summed E-state index contributed by atoms with van der Waals surface area (Å²) >= 11 is 3.34. The van der Waals surface area contributed by atoms with Gasteiger partial charge in [0.1, 0.15) is 5.69 Å². The summed E-state index contributed by atoms with van der Waals surface area (Å²) in [4.78, 5) is 17.2. The molecule has 1 aromatic carbocycles. The summed E-state index contributed by atoms with van der Waals surface area (Å²) < 4.78 is 0.882. The number of fused-ring (bicyclic) bond motifs is 1. The molecule has 98 valence electrons. The van der Waals surface area contributed by atoms with Crippen LogP contribution in [0.15, 0.2) is 34.9 Å². The zero-order valence-electron chi connectivity index (χ0n) is 10.3. The van der Waals surface area contributed by atoms with Crippen LogP contribution in [0.25, 0.3) is 0 Å². The Balaban J connectivity index is 1.86. The van der Waals surface area contributed by atoms with E-state index < -0.39 is 0 Å². The number of carbonyl (C=O) groups is 1. The summed E-state index contributed by atoms with van der Waals surface area (Å²) in [6.07, 6.45) is 2.62. The Bertz CT molecular complexity index is 635. The minimum absolute atomic E-state index is 0.0135. The van der Waals surface area contributed by atoms with Crippen LogP contribution in [0.3, 0.4) is 0 Å². The molecule has 1 aliphatic heterocycles. The van der Waals surface area contributed by atoms with E-state index in [0.717, 1.165) is 28.7 Å². The Morgan fingerprint density at radius 2 is 2.26 bits per heavy atom. The minimum atomic E-state index is 0.0135. The molecule has 1 aromatic heterocycles. The van der Waals surface area contributed by atoms with Crippen molar-refractivity contribution in [3.8, 4) is 0 Å². The Kier molecular flexibility index (Phi) is 3.06. The Hall–Kier alpha value is -1.75. The molecule has 0 radical (unpaired) electrons. The number of hydrogen-bond acceptors (Lipinski definition) is 2. The fraction of sp³-hybridized carbons (Fsp3) is 0.214. The van der Waals surface area contributed by atoms with Crippen molar-refractivity contribution in [1.29, 1.82) is 0 Å². The highest BCUT2D eigenvalue weighted by molar-refractivity contribution is 9.10. The van der Waals surface area contributed by atoms with Crippen LogP contribution in [0.2, 0.25) is 0 Å². The van der Waals surface area contributed by atoms with Gasteiger partial charge >= 0.3 is 0 Å². The molecule has 2 aromatic rings. The van der Waals surface area contributed by atoms with Crippen molar-refractivity contribution in [1.82, 2.24) is 9.88 Å². The average molecular weight is 320 g/mol. The summed E-state index contributed by atoms with van der Waals surface area (Å²) in [6.45, 7) is 1.31. The maximum absolute atomic E-state index is 12.4. The predicted molar refractivity (Wildman–Crippen MR) is 77.8 cm³/mol. The summed E-state index contributed by atoms with van der Waals surface area (Å²) in [5.74, 6) is 0.0135. The molecule has 2 heterocycles. The zero-order chi connectivity index (χ0) is 13.4. The number of hydrogen-bond donors (Lipinski definition) is 2. The number of aromatic nitrogens is 1. The molecule has 1 aliphatic rings. The number of carbonyl (C=O) groups excluding carboxylic acids is 1. The highest BCUT2D eigenvalue weighted by Gasteiger charge is 2.23. The van der Waals surface area contributed by atoms with Crippen LogP contribution >= 0.6 is 15.9 Å². The van der Waals surface area contributed by atoms with E-state index in [9.17, 15) is 4.79 Å². The second-order valence-electron chi connectivity index (χ2n) is 4.69. The number of rotatable bonds is 1. The standard InChI is InChI=1S/C14H14BrN3O/c15-10-6-13(17-7-10)14(19)18-5-4-9-2-1-3-12(16)11(9)8-18/h1-3,6-7,17H,4-5,8,16H2. The van der Waals surface area contributed by atoms with E-state index in [1.807, 2.05) is 17.0 Å². The van der Waals surface area contributed by atoms with Gasteiger partial charge in [0.2, 0.25) is 0 Å². The summed E-state index contributed by atoms with van der Waals surface area (Å²) in [6, 6.07) is 7.73. The van der Waals surface area contributed by atoms with Crippen molar-refractivity contribution in [2.45, 2.75) is 13.0 Å². The molecule has 0 fully saturated rings. The van der Waals surface area contributed by atoms with Gasteiger partial charge in [-0.3, -0.25) is 4.79 Å². The van der Waals surface area contributed by atoms with E-state index in [1.165, 1.54) is 5.56 Å². The van der Waals surface area contributed by atoms with Gasteiger partial charge in [-0.15, -0.1) is 0 Å². The van der Waals surface area contributed by atoms with E-state index in [-0.39, 0.29) is 5.91 Å². The van der Waals surface area contributed by atoms with Gasteiger partial charge in [0.05, 0.1) is 0 Å². The van der Waals surface area contributed by atoms with Crippen LogP contribution in [0.5, 0.6) is 0 Å². The van der Waals surface area contributed by atoms with Crippen molar-refractivity contribution in [3.05, 3.63) is 51.8 Å². The van der Waals surface area contributed by atoms with E-state index in [2.05, 4.69) is 27.0 Å². The van der Waals surface area contributed by atoms with Crippen molar-refractivity contribution in [2.75, 3.05) is 12.3 Å². The molecule has 0 atom stereocenters. The van der Waals surface area contributed by atoms with Gasteiger partial charge in [-0.25, -0.2) is 0 Å². The summed E-state index contributed by atoms with van der Waals surface area (Å²) in [5.41, 5.74) is 9.68. The molecule has 5 heteroatoms. The number of aromatic amines is 1. The van der Waals surface area contributed by atoms with Gasteiger partial charge in [0.15, 0.2) is 0 Å². The van der Waals surface area contributed by atoms with E-state index in [0.29, 0.717) is 12.2 Å². The number of nitrogens with two attached hydrogens (primary N) is 1. The smallest absolute Gasteiger partial charge is 0.270 e. The van der Waals surface area contributed by atoms with E-state index >= 15 is 0 Å². The fourth-order valence-electron chi connectivity index (χ4n) is 2.44. The number of nitrogen functional groups attached to an aromatic ring is 1. The van der Waals surface area contributed by atoms with Crippen molar-refractivity contribution >= 4 is 27.5 Å². The highest BCUT2D eigenvalue weighted by Crippen LogP contribution is 2.25. The monoisotopic (exact) mass is 319 g/mol. The molecule has 19 heavy (non-hydrogen) atoms. The van der Waals surface area contributed by atoms with Crippen LogP contribution in [0.1, 0.15) is 21.6 Å². The molecule has 0 unspecified atom stereocenters. The van der Waals surface area contributed by atoms with E-state index in [1.54, 1.807) is 12.3 Å². The first-order valence-corrected chi connectivity index (χ1v) is 6.94. The Labute approximate surface area is 119 Å². The maximum atomic E-state index is 12.4. The van der Waals surface area contributed by atoms with Gasteiger partial charge in [0.25, 0.3) is 5.91 Å². The summed E-state index contributed by atoms with van der Waals surface area (Å²) in [5, 5.41) is 0. The van der Waals surface area contributed by atoms with Crippen LogP contribution in [-0.2, 0) is 13.0 Å². The lowest BCUT2D eigenvalue weighted by Crippen LogP contribution is -2.36. The third-order valence-electron chi connectivity index (χ3n) is 3.47. The van der Waals surface area contributed by atoms with Crippen molar-refractivity contribution in [3.63, 3.8) is 0 Å². The van der Waals surface area contributed by atoms with Crippen LogP contribution in [0, 0.1) is 0 Å². The highest BCUT2D eigenvalue weighted by atomic mass is 79.9. The average Bonchev–Trinajstić information content (AvgIpc) is 2.85. The number of benzene rings is 1. The van der Waals surface area contributed by atoms with Gasteiger partial charge in [-0.05, 0) is 45.6 Å². The topological polar surface area (TPSA) is 62.1 Å². The van der Waals surface area contributed by atoms with Crippen LogP contribution < -0.4 is 5.73 Å². The number of nitrogens with one attached hydrogen (secondary N) is 1. The second kappa shape index (κ2) is 4.74. The predicted octanol–water partition coefficient (Wildman–Crippen LogP) is 2.56. The molecule has 1 amide bonds. The Morgan fingerprint density at radius 1 is 1.42 bits per heavy atom. The first-order valence-electron chi connectivity index (χ1n) is 6.14. The molecule has 0 saturated heterocycles. The third-order valence-corrected chi connectivity index (χ3v) is 3.93. The maximum Gasteiger partial charge on any atom is 0.270 e. The van der Waals surface area contributed by atoms with Crippen LogP contribution in [-0.4, -0.2) is 22.3 Å². The fourth-order valence-corrected chi connectivity index (χ4v) is 2.79. The molecule has 4 nitrogen and oxygen atoms in total. The van der Waals surface area contributed by atoms with Crippen molar-refractivity contribution in [2.24, 2.45) is 0 Å². The van der Waals surface area contributed by atoms with Gasteiger partial charge in [-0.2, -0.15) is 0 Å². The van der Waals surface area contributed by atoms with Gasteiger partial charge in [-0.1, -0.05) is 12.1 Å². The lowest BCUT2D eigenvalue weighted by molar-refractivity contribution is 0.0730. The number of H-pyrrole nitrogens is 1.